The molecule has 0 radical (unpaired) electrons. The number of hydrogen-bond acceptors (Lipinski definition) is 4. The third-order valence-corrected chi connectivity index (χ3v) is 3.11. The number of nitrogens with one attached hydrogen (secondary N) is 1. The van der Waals surface area contributed by atoms with E-state index in [1.807, 2.05) is 0 Å². The molecule has 1 aliphatic heterocycles. The molecule has 19 heavy (non-hydrogen) atoms. The zero-order valence-corrected chi connectivity index (χ0v) is 10.7. The van der Waals surface area contributed by atoms with Gasteiger partial charge in [0.15, 0.2) is 0 Å². The number of likely N-dealkylation sites (tertiary alicyclic amines) is 1. The van der Waals surface area contributed by atoms with Gasteiger partial charge in [0.1, 0.15) is 0 Å². The smallest absolute Gasteiger partial charge is 0.312 e. The molecule has 0 spiro atoms. The number of carboxylic acids is 1. The van der Waals surface area contributed by atoms with Gasteiger partial charge in [0.25, 0.3) is 0 Å². The van der Waals surface area contributed by atoms with Gasteiger partial charge in [0, 0.05) is 19.6 Å². The van der Waals surface area contributed by atoms with Crippen LogP contribution >= 0.6 is 0 Å². The predicted octanol–water partition coefficient (Wildman–Crippen LogP) is -1.30. The zero-order chi connectivity index (χ0) is 14.4. The zero-order valence-electron chi connectivity index (χ0n) is 10.7. The SMILES string of the molecule is NC(=O)NCC1CCCN(C(=O)C(N)CC(=O)O)C1. The maximum atomic E-state index is 11.9. The van der Waals surface area contributed by atoms with E-state index in [0.717, 1.165) is 12.8 Å². The highest BCUT2D eigenvalue weighted by molar-refractivity contribution is 5.86. The quantitative estimate of drug-likeness (QED) is 0.492. The molecule has 0 aliphatic carbocycles. The lowest BCUT2D eigenvalue weighted by Crippen LogP contribution is -2.50. The Kier molecular flexibility index (Phi) is 5.56. The van der Waals surface area contributed by atoms with Crippen molar-refractivity contribution in [1.82, 2.24) is 10.2 Å². The monoisotopic (exact) mass is 272 g/mol. The molecule has 108 valence electrons. The van der Waals surface area contributed by atoms with Crippen molar-refractivity contribution in [3.05, 3.63) is 0 Å². The fraction of sp³-hybridized carbons (Fsp3) is 0.727. The minimum absolute atomic E-state index is 0.127. The number of aliphatic carboxylic acids is 1. The molecule has 3 amide bonds. The first-order valence-corrected chi connectivity index (χ1v) is 6.19. The molecule has 0 aromatic heterocycles. The molecular weight excluding hydrogens is 252 g/mol. The molecule has 1 heterocycles. The number of carbonyl (C=O) groups is 3. The van der Waals surface area contributed by atoms with Crippen molar-refractivity contribution in [2.45, 2.75) is 25.3 Å². The van der Waals surface area contributed by atoms with Crippen molar-refractivity contribution in [2.24, 2.45) is 17.4 Å². The van der Waals surface area contributed by atoms with E-state index in [9.17, 15) is 14.4 Å². The van der Waals surface area contributed by atoms with Crippen LogP contribution in [0.3, 0.4) is 0 Å². The predicted molar refractivity (Wildman–Crippen MR) is 67.1 cm³/mol. The number of urea groups is 1. The third-order valence-electron chi connectivity index (χ3n) is 3.11. The van der Waals surface area contributed by atoms with E-state index in [2.05, 4.69) is 5.32 Å². The van der Waals surface area contributed by atoms with Crippen LogP contribution in [0, 0.1) is 5.92 Å². The van der Waals surface area contributed by atoms with Crippen LogP contribution in [0.5, 0.6) is 0 Å². The molecule has 2 atom stereocenters. The van der Waals surface area contributed by atoms with E-state index >= 15 is 0 Å². The lowest BCUT2D eigenvalue weighted by atomic mass is 9.97. The lowest BCUT2D eigenvalue weighted by molar-refractivity contribution is -0.142. The number of nitrogens with two attached hydrogens (primary N) is 2. The minimum atomic E-state index is -1.09. The van der Waals surface area contributed by atoms with Gasteiger partial charge in [-0.1, -0.05) is 0 Å². The summed E-state index contributed by atoms with van der Waals surface area (Å²) in [6.07, 6.45) is 1.31. The van der Waals surface area contributed by atoms with E-state index in [1.54, 1.807) is 4.90 Å². The van der Waals surface area contributed by atoms with Crippen LogP contribution in [-0.4, -0.2) is 53.6 Å². The van der Waals surface area contributed by atoms with Crippen molar-refractivity contribution in [3.63, 3.8) is 0 Å². The second-order valence-electron chi connectivity index (χ2n) is 4.74. The van der Waals surface area contributed by atoms with Gasteiger partial charge in [0.2, 0.25) is 5.91 Å². The number of amides is 3. The number of carboxylic acid groups (broad SMARTS) is 1. The van der Waals surface area contributed by atoms with Gasteiger partial charge in [-0.2, -0.15) is 0 Å². The second kappa shape index (κ2) is 6.93. The molecule has 1 aliphatic rings. The highest BCUT2D eigenvalue weighted by Crippen LogP contribution is 2.16. The Balaban J connectivity index is 2.47. The van der Waals surface area contributed by atoms with Crippen LogP contribution < -0.4 is 16.8 Å². The molecular formula is C11H20N4O4. The van der Waals surface area contributed by atoms with Crippen molar-refractivity contribution < 1.29 is 19.5 Å². The molecule has 0 saturated carbocycles. The Labute approximate surface area is 111 Å². The molecule has 0 aromatic rings. The summed E-state index contributed by atoms with van der Waals surface area (Å²) in [5, 5.41) is 11.1. The average Bonchev–Trinajstić information content (AvgIpc) is 2.35. The standard InChI is InChI=1S/C11H20N4O4/c12-8(4-9(16)17)10(18)15-3-1-2-7(6-15)5-14-11(13)19/h7-8H,1-6,12H2,(H,16,17)(H3,13,14,19). The normalized spacial score (nSPS) is 20.7. The molecule has 1 fully saturated rings. The highest BCUT2D eigenvalue weighted by atomic mass is 16.4. The summed E-state index contributed by atoms with van der Waals surface area (Å²) in [5.74, 6) is -1.32. The van der Waals surface area contributed by atoms with Crippen LogP contribution in [0.15, 0.2) is 0 Å². The van der Waals surface area contributed by atoms with Crippen LogP contribution in [0.4, 0.5) is 4.79 Å². The molecule has 0 aromatic carbocycles. The Morgan fingerprint density at radius 3 is 2.68 bits per heavy atom. The van der Waals surface area contributed by atoms with Crippen LogP contribution in [0.25, 0.3) is 0 Å². The fourth-order valence-corrected chi connectivity index (χ4v) is 2.19. The van der Waals surface area contributed by atoms with Crippen LogP contribution in [0.1, 0.15) is 19.3 Å². The number of nitrogens with zero attached hydrogens (tertiary/aromatic N) is 1. The average molecular weight is 272 g/mol. The number of primary amides is 1. The van der Waals surface area contributed by atoms with Gasteiger partial charge in [-0.3, -0.25) is 9.59 Å². The molecule has 1 rings (SSSR count). The van der Waals surface area contributed by atoms with Crippen molar-refractivity contribution in [2.75, 3.05) is 19.6 Å². The molecule has 0 bridgehead atoms. The van der Waals surface area contributed by atoms with Gasteiger partial charge in [-0.05, 0) is 18.8 Å². The Morgan fingerprint density at radius 1 is 1.42 bits per heavy atom. The summed E-state index contributed by atoms with van der Waals surface area (Å²) in [6.45, 7) is 1.44. The molecule has 2 unspecified atom stereocenters. The summed E-state index contributed by atoms with van der Waals surface area (Å²) in [7, 11) is 0. The second-order valence-corrected chi connectivity index (χ2v) is 4.74. The summed E-state index contributed by atoms with van der Waals surface area (Å²) in [5.41, 5.74) is 10.5. The number of carbonyl (C=O) groups excluding carboxylic acids is 2. The largest absolute Gasteiger partial charge is 0.481 e. The fourth-order valence-electron chi connectivity index (χ4n) is 2.19. The van der Waals surface area contributed by atoms with Crippen molar-refractivity contribution in [3.8, 4) is 0 Å². The molecule has 1 saturated heterocycles. The summed E-state index contributed by atoms with van der Waals surface area (Å²) in [4.78, 5) is 34.7. The topological polar surface area (TPSA) is 139 Å². The van der Waals surface area contributed by atoms with Crippen molar-refractivity contribution in [1.29, 1.82) is 0 Å². The van der Waals surface area contributed by atoms with E-state index < -0.39 is 18.0 Å². The summed E-state index contributed by atoms with van der Waals surface area (Å²) in [6, 6.07) is -1.61. The Hall–Kier alpha value is -1.83. The first kappa shape index (κ1) is 15.2. The van der Waals surface area contributed by atoms with E-state index in [-0.39, 0.29) is 18.2 Å². The molecule has 8 heteroatoms. The van der Waals surface area contributed by atoms with E-state index in [0.29, 0.717) is 19.6 Å². The van der Waals surface area contributed by atoms with Gasteiger partial charge >= 0.3 is 12.0 Å². The first-order chi connectivity index (χ1) is 8.90. The van der Waals surface area contributed by atoms with Crippen LogP contribution in [0.2, 0.25) is 0 Å². The van der Waals surface area contributed by atoms with Gasteiger partial charge in [-0.15, -0.1) is 0 Å². The maximum Gasteiger partial charge on any atom is 0.312 e. The number of piperidine rings is 1. The summed E-state index contributed by atoms with van der Waals surface area (Å²) < 4.78 is 0. The van der Waals surface area contributed by atoms with Gasteiger partial charge in [-0.25, -0.2) is 4.79 Å². The lowest BCUT2D eigenvalue weighted by Gasteiger charge is -2.34. The minimum Gasteiger partial charge on any atom is -0.481 e. The van der Waals surface area contributed by atoms with Gasteiger partial charge in [0.05, 0.1) is 12.5 Å². The Bertz CT molecular complexity index is 361. The molecule has 6 N–H and O–H groups in total. The van der Waals surface area contributed by atoms with Crippen LogP contribution in [-0.2, 0) is 9.59 Å². The van der Waals surface area contributed by atoms with E-state index in [1.165, 1.54) is 0 Å². The highest BCUT2D eigenvalue weighted by Gasteiger charge is 2.28. The number of rotatable bonds is 5. The summed E-state index contributed by atoms with van der Waals surface area (Å²) >= 11 is 0. The maximum absolute atomic E-state index is 11.9. The van der Waals surface area contributed by atoms with Crippen molar-refractivity contribution >= 4 is 17.9 Å². The van der Waals surface area contributed by atoms with Gasteiger partial charge < -0.3 is 26.8 Å². The Morgan fingerprint density at radius 2 is 2.11 bits per heavy atom. The molecule has 8 nitrogen and oxygen atoms in total. The van der Waals surface area contributed by atoms with E-state index in [4.69, 9.17) is 16.6 Å². The first-order valence-electron chi connectivity index (χ1n) is 6.19. The third kappa shape index (κ3) is 5.12. The number of hydrogen-bond donors (Lipinski definition) is 4.